The Morgan fingerprint density at radius 2 is 2.08 bits per heavy atom. The maximum absolute atomic E-state index is 5.34. The monoisotopic (exact) mass is 335 g/mol. The van der Waals surface area contributed by atoms with E-state index in [0.717, 1.165) is 36.5 Å². The van der Waals surface area contributed by atoms with Gasteiger partial charge in [0.15, 0.2) is 11.7 Å². The van der Waals surface area contributed by atoms with Crippen LogP contribution in [0.3, 0.4) is 0 Å². The Labute approximate surface area is 146 Å². The molecule has 0 aromatic carbocycles. The van der Waals surface area contributed by atoms with Crippen molar-refractivity contribution in [3.63, 3.8) is 0 Å². The van der Waals surface area contributed by atoms with Crippen LogP contribution in [0.2, 0.25) is 0 Å². The molecule has 1 aliphatic carbocycles. The summed E-state index contributed by atoms with van der Waals surface area (Å²) >= 11 is 0. The van der Waals surface area contributed by atoms with Gasteiger partial charge < -0.3 is 20.1 Å². The van der Waals surface area contributed by atoms with Crippen molar-refractivity contribution < 1.29 is 4.52 Å². The molecule has 0 bridgehead atoms. The zero-order valence-corrected chi connectivity index (χ0v) is 15.6. The van der Waals surface area contributed by atoms with Crippen molar-refractivity contribution >= 4 is 5.96 Å². The summed E-state index contributed by atoms with van der Waals surface area (Å²) in [5.41, 5.74) is 0.990. The van der Waals surface area contributed by atoms with Gasteiger partial charge in [0.1, 0.15) is 0 Å². The molecule has 1 fully saturated rings. The van der Waals surface area contributed by atoms with Crippen LogP contribution in [-0.2, 0) is 6.54 Å². The molecule has 0 atom stereocenters. The molecule has 2 N–H and O–H groups in total. The van der Waals surface area contributed by atoms with E-state index < -0.39 is 0 Å². The van der Waals surface area contributed by atoms with Gasteiger partial charge in [0.25, 0.3) is 0 Å². The number of rotatable bonds is 7. The Balaban J connectivity index is 1.68. The van der Waals surface area contributed by atoms with Crippen LogP contribution in [0, 0.1) is 0 Å². The zero-order valence-electron chi connectivity index (χ0n) is 15.6. The standard InChI is InChI=1S/C18H33N5O/c1-14(2)17-12-16(24-22-17)13-21-18(19-3)20-10-11-23(4)15-8-6-5-7-9-15/h12,14-15H,5-11,13H2,1-4H3,(H2,19,20,21). The molecule has 1 aromatic heterocycles. The molecule has 24 heavy (non-hydrogen) atoms. The summed E-state index contributed by atoms with van der Waals surface area (Å²) in [6.45, 7) is 6.74. The third kappa shape index (κ3) is 5.82. The van der Waals surface area contributed by atoms with Crippen molar-refractivity contribution in [2.75, 3.05) is 27.2 Å². The second kappa shape index (κ2) is 9.67. The third-order valence-corrected chi connectivity index (χ3v) is 4.78. The van der Waals surface area contributed by atoms with Crippen LogP contribution in [0.5, 0.6) is 0 Å². The minimum absolute atomic E-state index is 0.385. The van der Waals surface area contributed by atoms with E-state index in [1.807, 2.05) is 6.07 Å². The van der Waals surface area contributed by atoms with Crippen LogP contribution in [-0.4, -0.2) is 49.2 Å². The van der Waals surface area contributed by atoms with E-state index in [-0.39, 0.29) is 0 Å². The maximum Gasteiger partial charge on any atom is 0.191 e. The maximum atomic E-state index is 5.34. The smallest absolute Gasteiger partial charge is 0.191 e. The van der Waals surface area contributed by atoms with Gasteiger partial charge in [0, 0.05) is 32.2 Å². The average molecular weight is 335 g/mol. The molecule has 6 heteroatoms. The van der Waals surface area contributed by atoms with Crippen molar-refractivity contribution in [2.45, 2.75) is 64.5 Å². The lowest BCUT2D eigenvalue weighted by molar-refractivity contribution is 0.194. The molecular formula is C18H33N5O. The summed E-state index contributed by atoms with van der Waals surface area (Å²) in [4.78, 5) is 6.75. The van der Waals surface area contributed by atoms with E-state index in [0.29, 0.717) is 12.5 Å². The fourth-order valence-electron chi connectivity index (χ4n) is 3.13. The molecule has 0 spiro atoms. The van der Waals surface area contributed by atoms with Gasteiger partial charge in [0.2, 0.25) is 0 Å². The number of aliphatic imine (C=N–C) groups is 1. The van der Waals surface area contributed by atoms with Gasteiger partial charge in [-0.3, -0.25) is 4.99 Å². The van der Waals surface area contributed by atoms with Gasteiger partial charge in [-0.2, -0.15) is 0 Å². The topological polar surface area (TPSA) is 65.7 Å². The Hall–Kier alpha value is -1.56. The number of likely N-dealkylation sites (N-methyl/N-ethyl adjacent to an activating group) is 1. The van der Waals surface area contributed by atoms with E-state index in [1.165, 1.54) is 32.1 Å². The highest BCUT2D eigenvalue weighted by atomic mass is 16.5. The van der Waals surface area contributed by atoms with E-state index in [1.54, 1.807) is 7.05 Å². The Morgan fingerprint density at radius 1 is 1.33 bits per heavy atom. The van der Waals surface area contributed by atoms with Crippen molar-refractivity contribution in [1.29, 1.82) is 0 Å². The summed E-state index contributed by atoms with van der Waals surface area (Å²) < 4.78 is 5.34. The van der Waals surface area contributed by atoms with Crippen LogP contribution in [0.1, 0.15) is 63.3 Å². The fourth-order valence-corrected chi connectivity index (χ4v) is 3.13. The molecule has 0 aliphatic heterocycles. The van der Waals surface area contributed by atoms with E-state index in [2.05, 4.69) is 46.6 Å². The quantitative estimate of drug-likeness (QED) is 0.592. The number of aromatic nitrogens is 1. The fraction of sp³-hybridized carbons (Fsp3) is 0.778. The van der Waals surface area contributed by atoms with Gasteiger partial charge in [0.05, 0.1) is 12.2 Å². The summed E-state index contributed by atoms with van der Waals surface area (Å²) in [6.07, 6.45) is 6.84. The minimum Gasteiger partial charge on any atom is -0.359 e. The van der Waals surface area contributed by atoms with E-state index in [9.17, 15) is 0 Å². The van der Waals surface area contributed by atoms with E-state index >= 15 is 0 Å². The lowest BCUT2D eigenvalue weighted by atomic mass is 9.94. The number of hydrogen-bond donors (Lipinski definition) is 2. The lowest BCUT2D eigenvalue weighted by Crippen LogP contribution is -2.43. The summed E-state index contributed by atoms with van der Waals surface area (Å²) in [5, 5.41) is 10.7. The predicted molar refractivity (Wildman–Crippen MR) is 98.3 cm³/mol. The molecule has 6 nitrogen and oxygen atoms in total. The van der Waals surface area contributed by atoms with Gasteiger partial charge in [-0.05, 0) is 25.8 Å². The van der Waals surface area contributed by atoms with Gasteiger partial charge >= 0.3 is 0 Å². The van der Waals surface area contributed by atoms with Crippen molar-refractivity contribution in [2.24, 2.45) is 4.99 Å². The molecule has 0 unspecified atom stereocenters. The second-order valence-electron chi connectivity index (χ2n) is 7.00. The first-order valence-electron chi connectivity index (χ1n) is 9.20. The zero-order chi connectivity index (χ0) is 17.4. The molecule has 0 amide bonds. The largest absolute Gasteiger partial charge is 0.359 e. The molecule has 1 aliphatic rings. The van der Waals surface area contributed by atoms with Crippen molar-refractivity contribution in [3.05, 3.63) is 17.5 Å². The number of hydrogen-bond acceptors (Lipinski definition) is 4. The number of guanidine groups is 1. The summed E-state index contributed by atoms with van der Waals surface area (Å²) in [6, 6.07) is 2.75. The normalized spacial score (nSPS) is 16.8. The number of nitrogens with zero attached hydrogens (tertiary/aromatic N) is 3. The van der Waals surface area contributed by atoms with Crippen molar-refractivity contribution in [3.8, 4) is 0 Å². The average Bonchev–Trinajstić information content (AvgIpc) is 3.08. The SMILES string of the molecule is CN=C(NCCN(C)C1CCCCC1)NCc1cc(C(C)C)no1. The Kier molecular flexibility index (Phi) is 7.56. The van der Waals surface area contributed by atoms with Gasteiger partial charge in [-0.15, -0.1) is 0 Å². The second-order valence-corrected chi connectivity index (χ2v) is 7.00. The molecular weight excluding hydrogens is 302 g/mol. The highest BCUT2D eigenvalue weighted by Crippen LogP contribution is 2.21. The molecule has 0 saturated heterocycles. The molecule has 1 aromatic rings. The van der Waals surface area contributed by atoms with Gasteiger partial charge in [-0.25, -0.2) is 0 Å². The molecule has 1 heterocycles. The Morgan fingerprint density at radius 3 is 2.71 bits per heavy atom. The first-order valence-corrected chi connectivity index (χ1v) is 9.20. The first kappa shape index (κ1) is 18.8. The highest BCUT2D eigenvalue weighted by molar-refractivity contribution is 5.79. The van der Waals surface area contributed by atoms with Crippen LogP contribution in [0.25, 0.3) is 0 Å². The van der Waals surface area contributed by atoms with E-state index in [4.69, 9.17) is 4.52 Å². The molecule has 1 saturated carbocycles. The summed E-state index contributed by atoms with van der Waals surface area (Å²) in [5.74, 6) is 2.02. The molecule has 2 rings (SSSR count). The van der Waals surface area contributed by atoms with Crippen molar-refractivity contribution in [1.82, 2.24) is 20.7 Å². The summed E-state index contributed by atoms with van der Waals surface area (Å²) in [7, 11) is 4.02. The van der Waals surface area contributed by atoms with Crippen LogP contribution >= 0.6 is 0 Å². The minimum atomic E-state index is 0.385. The number of nitrogens with one attached hydrogen (secondary N) is 2. The molecule has 136 valence electrons. The Bertz CT molecular complexity index is 505. The molecule has 0 radical (unpaired) electrons. The highest BCUT2D eigenvalue weighted by Gasteiger charge is 2.17. The predicted octanol–water partition coefficient (Wildman–Crippen LogP) is 2.73. The van der Waals surface area contributed by atoms with Crippen LogP contribution < -0.4 is 10.6 Å². The third-order valence-electron chi connectivity index (χ3n) is 4.78. The van der Waals surface area contributed by atoms with Gasteiger partial charge in [-0.1, -0.05) is 38.3 Å². The lowest BCUT2D eigenvalue weighted by Gasteiger charge is -2.31. The van der Waals surface area contributed by atoms with Crippen LogP contribution in [0.4, 0.5) is 0 Å². The first-order chi connectivity index (χ1) is 11.6. The van der Waals surface area contributed by atoms with Crippen LogP contribution in [0.15, 0.2) is 15.6 Å².